The number of hydrogen-bond donors (Lipinski definition) is 3. The van der Waals surface area contributed by atoms with Gasteiger partial charge in [-0.15, -0.1) is 0 Å². The van der Waals surface area contributed by atoms with Crippen LogP contribution in [0.5, 0.6) is 5.75 Å². The van der Waals surface area contributed by atoms with E-state index in [0.29, 0.717) is 11.1 Å². The minimum Gasteiger partial charge on any atom is -0.507 e. The Kier molecular flexibility index (Phi) is 3.16. The van der Waals surface area contributed by atoms with Crippen LogP contribution in [0.2, 0.25) is 0 Å². The van der Waals surface area contributed by atoms with Crippen molar-refractivity contribution >= 4 is 22.9 Å². The number of nitrogens with zero attached hydrogens (tertiary/aromatic N) is 1. The van der Waals surface area contributed by atoms with E-state index in [-0.39, 0.29) is 22.7 Å². The topological polar surface area (TPSA) is 86.2 Å². The molecule has 1 heterocycles. The van der Waals surface area contributed by atoms with Crippen LogP contribution in [0.3, 0.4) is 0 Å². The van der Waals surface area contributed by atoms with Gasteiger partial charge in [0.15, 0.2) is 0 Å². The molecule has 0 radical (unpaired) electrons. The number of hydrogen-bond acceptors (Lipinski definition) is 4. The standard InChI is InChI=1S/C16H12N2O3/c19-13-8-4-7-11-15(13)17-12(16(21)18-11)9-14(20)10-5-2-1-3-6-10/h1-9,19-20H,(H,18,21)/b14-9-. The average molecular weight is 280 g/mol. The van der Waals surface area contributed by atoms with Crippen LogP contribution in [0.1, 0.15) is 11.3 Å². The molecule has 0 fully saturated rings. The molecule has 0 unspecified atom stereocenters. The number of aromatic nitrogens is 2. The first-order chi connectivity index (χ1) is 10.1. The van der Waals surface area contributed by atoms with Crippen LogP contribution in [0.25, 0.3) is 22.9 Å². The molecule has 0 spiro atoms. The number of aliphatic hydroxyl groups excluding tert-OH is 1. The molecule has 21 heavy (non-hydrogen) atoms. The number of para-hydroxylation sites is 1. The molecule has 0 aliphatic heterocycles. The van der Waals surface area contributed by atoms with Crippen molar-refractivity contribution in [3.8, 4) is 5.75 Å². The predicted octanol–water partition coefficient (Wildman–Crippen LogP) is 2.68. The fraction of sp³-hybridized carbons (Fsp3) is 0. The largest absolute Gasteiger partial charge is 0.507 e. The van der Waals surface area contributed by atoms with Gasteiger partial charge in [-0.3, -0.25) is 4.79 Å². The SMILES string of the molecule is O=c1[nH]c2cccc(O)c2nc1/C=C(\O)c1ccccc1. The van der Waals surface area contributed by atoms with Gasteiger partial charge in [0.1, 0.15) is 22.7 Å². The zero-order chi connectivity index (χ0) is 14.8. The molecule has 0 saturated carbocycles. The first-order valence-electron chi connectivity index (χ1n) is 6.33. The normalized spacial score (nSPS) is 11.7. The van der Waals surface area contributed by atoms with Gasteiger partial charge in [-0.25, -0.2) is 4.98 Å². The predicted molar refractivity (Wildman–Crippen MR) is 81.0 cm³/mol. The molecular weight excluding hydrogens is 268 g/mol. The van der Waals surface area contributed by atoms with E-state index < -0.39 is 5.56 Å². The Bertz CT molecular complexity index is 883. The average Bonchev–Trinajstić information content (AvgIpc) is 2.50. The van der Waals surface area contributed by atoms with Crippen molar-refractivity contribution < 1.29 is 10.2 Å². The number of aliphatic hydroxyl groups is 1. The summed E-state index contributed by atoms with van der Waals surface area (Å²) < 4.78 is 0. The van der Waals surface area contributed by atoms with E-state index >= 15 is 0 Å². The van der Waals surface area contributed by atoms with Crippen molar-refractivity contribution in [2.75, 3.05) is 0 Å². The molecule has 3 N–H and O–H groups in total. The second kappa shape index (κ2) is 5.13. The molecule has 0 saturated heterocycles. The number of fused-ring (bicyclic) bond motifs is 1. The molecule has 0 aliphatic carbocycles. The summed E-state index contributed by atoms with van der Waals surface area (Å²) in [6.07, 6.45) is 1.28. The van der Waals surface area contributed by atoms with Crippen molar-refractivity contribution in [2.45, 2.75) is 0 Å². The lowest BCUT2D eigenvalue weighted by molar-refractivity contribution is 0.480. The third-order valence-electron chi connectivity index (χ3n) is 3.07. The summed E-state index contributed by atoms with van der Waals surface area (Å²) in [7, 11) is 0. The Labute approximate surface area is 119 Å². The number of benzene rings is 2. The Morgan fingerprint density at radius 2 is 1.86 bits per heavy atom. The molecule has 0 bridgehead atoms. The lowest BCUT2D eigenvalue weighted by Gasteiger charge is -2.02. The maximum atomic E-state index is 12.0. The number of phenolic OH excluding ortho intramolecular Hbond substituents is 1. The van der Waals surface area contributed by atoms with E-state index in [0.717, 1.165) is 0 Å². The van der Waals surface area contributed by atoms with Crippen LogP contribution in [-0.2, 0) is 0 Å². The number of H-pyrrole nitrogens is 1. The lowest BCUT2D eigenvalue weighted by Crippen LogP contribution is -2.12. The van der Waals surface area contributed by atoms with Gasteiger partial charge in [-0.05, 0) is 12.1 Å². The van der Waals surface area contributed by atoms with E-state index in [9.17, 15) is 15.0 Å². The summed E-state index contributed by atoms with van der Waals surface area (Å²) >= 11 is 0. The third-order valence-corrected chi connectivity index (χ3v) is 3.07. The first-order valence-corrected chi connectivity index (χ1v) is 6.33. The Morgan fingerprint density at radius 3 is 2.62 bits per heavy atom. The zero-order valence-corrected chi connectivity index (χ0v) is 10.9. The van der Waals surface area contributed by atoms with E-state index in [2.05, 4.69) is 9.97 Å². The number of nitrogens with one attached hydrogen (secondary N) is 1. The number of rotatable bonds is 2. The van der Waals surface area contributed by atoms with Crippen molar-refractivity contribution in [3.63, 3.8) is 0 Å². The molecule has 5 nitrogen and oxygen atoms in total. The molecule has 0 aliphatic rings. The molecule has 5 heteroatoms. The highest BCUT2D eigenvalue weighted by Gasteiger charge is 2.07. The monoisotopic (exact) mass is 280 g/mol. The summed E-state index contributed by atoms with van der Waals surface area (Å²) in [5.74, 6) is -0.0963. The van der Waals surface area contributed by atoms with Gasteiger partial charge in [0, 0.05) is 11.6 Å². The van der Waals surface area contributed by atoms with Crippen LogP contribution in [0, 0.1) is 0 Å². The fourth-order valence-electron chi connectivity index (χ4n) is 2.03. The van der Waals surface area contributed by atoms with E-state index in [1.807, 2.05) is 6.07 Å². The molecule has 3 aromatic rings. The first kappa shape index (κ1) is 12.9. The fourth-order valence-corrected chi connectivity index (χ4v) is 2.03. The van der Waals surface area contributed by atoms with Gasteiger partial charge >= 0.3 is 0 Å². The highest BCUT2D eigenvalue weighted by atomic mass is 16.3. The van der Waals surface area contributed by atoms with Gasteiger partial charge in [0.2, 0.25) is 0 Å². The Balaban J connectivity index is 2.15. The Hall–Kier alpha value is -3.08. The van der Waals surface area contributed by atoms with Crippen LogP contribution in [0.4, 0.5) is 0 Å². The van der Waals surface area contributed by atoms with Crippen molar-refractivity contribution in [3.05, 3.63) is 70.1 Å². The maximum Gasteiger partial charge on any atom is 0.274 e. The molecule has 3 rings (SSSR count). The second-order valence-electron chi connectivity index (χ2n) is 4.52. The number of aromatic amines is 1. The smallest absolute Gasteiger partial charge is 0.274 e. The van der Waals surface area contributed by atoms with Gasteiger partial charge in [-0.2, -0.15) is 0 Å². The van der Waals surface area contributed by atoms with Crippen molar-refractivity contribution in [2.24, 2.45) is 0 Å². The van der Waals surface area contributed by atoms with Crippen LogP contribution in [-0.4, -0.2) is 20.2 Å². The summed E-state index contributed by atoms with van der Waals surface area (Å²) in [6, 6.07) is 13.6. The second-order valence-corrected chi connectivity index (χ2v) is 4.52. The van der Waals surface area contributed by atoms with Gasteiger partial charge in [-0.1, -0.05) is 36.4 Å². The molecule has 0 amide bonds. The summed E-state index contributed by atoms with van der Waals surface area (Å²) in [4.78, 5) is 18.7. The van der Waals surface area contributed by atoms with E-state index in [1.165, 1.54) is 12.1 Å². The summed E-state index contributed by atoms with van der Waals surface area (Å²) in [5, 5.41) is 19.8. The number of aromatic hydroxyl groups is 1. The van der Waals surface area contributed by atoms with E-state index in [4.69, 9.17) is 0 Å². The quantitative estimate of drug-likeness (QED) is 0.630. The highest BCUT2D eigenvalue weighted by Crippen LogP contribution is 2.20. The molecule has 0 atom stereocenters. The maximum absolute atomic E-state index is 12.0. The van der Waals surface area contributed by atoms with Crippen LogP contribution < -0.4 is 5.56 Å². The Morgan fingerprint density at radius 1 is 1.10 bits per heavy atom. The minimum atomic E-state index is -0.435. The minimum absolute atomic E-state index is 0.0300. The zero-order valence-electron chi connectivity index (χ0n) is 10.9. The van der Waals surface area contributed by atoms with Crippen molar-refractivity contribution in [1.82, 2.24) is 9.97 Å². The van der Waals surface area contributed by atoms with E-state index in [1.54, 1.807) is 36.4 Å². The molecule has 104 valence electrons. The molecule has 2 aromatic carbocycles. The third kappa shape index (κ3) is 2.49. The van der Waals surface area contributed by atoms with Crippen molar-refractivity contribution in [1.29, 1.82) is 0 Å². The van der Waals surface area contributed by atoms with Crippen LogP contribution >= 0.6 is 0 Å². The number of phenols is 1. The van der Waals surface area contributed by atoms with Gasteiger partial charge in [0.05, 0.1) is 5.52 Å². The molecule has 1 aromatic heterocycles. The highest BCUT2D eigenvalue weighted by molar-refractivity contribution is 5.83. The summed E-state index contributed by atoms with van der Waals surface area (Å²) in [6.45, 7) is 0. The van der Waals surface area contributed by atoms with Gasteiger partial charge < -0.3 is 15.2 Å². The van der Waals surface area contributed by atoms with Crippen LogP contribution in [0.15, 0.2) is 53.3 Å². The summed E-state index contributed by atoms with van der Waals surface area (Å²) in [5.41, 5.74) is 0.901. The van der Waals surface area contributed by atoms with Gasteiger partial charge in [0.25, 0.3) is 5.56 Å². The molecular formula is C16H12N2O3. The lowest BCUT2D eigenvalue weighted by atomic mass is 10.1.